The van der Waals surface area contributed by atoms with Crippen molar-refractivity contribution in [1.29, 1.82) is 0 Å². The molecule has 4 heteroatoms. The van der Waals surface area contributed by atoms with Crippen LogP contribution in [0.5, 0.6) is 0 Å². The average Bonchev–Trinajstić information content (AvgIpc) is 3.01. The Bertz CT molecular complexity index is 1890. The first-order valence-corrected chi connectivity index (χ1v) is 13.4. The molecule has 0 bridgehead atoms. The Labute approximate surface area is 232 Å². The Balaban J connectivity index is 1.39. The molecule has 0 aromatic heterocycles. The predicted octanol–water partition coefficient (Wildman–Crippen LogP) is 8.81. The largest absolute Gasteiger partial charge is 0.324 e. The van der Waals surface area contributed by atoms with Crippen LogP contribution in [0.3, 0.4) is 0 Å². The van der Waals surface area contributed by atoms with Gasteiger partial charge in [0, 0.05) is 16.1 Å². The molecule has 7 rings (SSSR count). The second-order valence-corrected chi connectivity index (χ2v) is 10.1. The van der Waals surface area contributed by atoms with Gasteiger partial charge in [0.25, 0.3) is 0 Å². The van der Waals surface area contributed by atoms with E-state index in [2.05, 4.69) is 90.2 Å². The van der Waals surface area contributed by atoms with Crippen LogP contribution in [0.25, 0.3) is 32.7 Å². The maximum Gasteiger partial charge on any atom is 0.169 e. The van der Waals surface area contributed by atoms with Crippen LogP contribution < -0.4 is 5.32 Å². The van der Waals surface area contributed by atoms with Crippen molar-refractivity contribution in [3.8, 4) is 11.1 Å². The van der Waals surface area contributed by atoms with E-state index in [4.69, 9.17) is 21.6 Å². The van der Waals surface area contributed by atoms with E-state index < -0.39 is 0 Å². The molecule has 0 spiro atoms. The molecule has 0 saturated heterocycles. The maximum absolute atomic E-state index is 6.78. The highest BCUT2D eigenvalue weighted by atomic mass is 35.5. The predicted molar refractivity (Wildman–Crippen MR) is 164 cm³/mol. The molecule has 1 aliphatic heterocycles. The van der Waals surface area contributed by atoms with Crippen molar-refractivity contribution in [2.75, 3.05) is 0 Å². The van der Waals surface area contributed by atoms with E-state index in [1.54, 1.807) is 0 Å². The molecule has 0 fully saturated rings. The number of aliphatic imine (C=N–C) groups is 2. The number of amidine groups is 2. The summed E-state index contributed by atoms with van der Waals surface area (Å²) in [6.07, 6.45) is -0.360. The maximum atomic E-state index is 6.78. The fraction of sp³-hybridized carbons (Fsp3) is 0.0286. The molecule has 0 saturated carbocycles. The number of fused-ring (bicyclic) bond motifs is 3. The topological polar surface area (TPSA) is 36.8 Å². The molecule has 0 aliphatic carbocycles. The zero-order valence-corrected chi connectivity index (χ0v) is 21.8. The third kappa shape index (κ3) is 4.47. The minimum Gasteiger partial charge on any atom is -0.324 e. The van der Waals surface area contributed by atoms with Crippen LogP contribution >= 0.6 is 11.6 Å². The van der Waals surface area contributed by atoms with Gasteiger partial charge in [-0.2, -0.15) is 0 Å². The van der Waals surface area contributed by atoms with Crippen molar-refractivity contribution in [3.63, 3.8) is 0 Å². The van der Waals surface area contributed by atoms with Crippen molar-refractivity contribution in [2.45, 2.75) is 6.17 Å². The number of rotatable bonds is 4. The first kappa shape index (κ1) is 23.4. The minimum atomic E-state index is -0.360. The van der Waals surface area contributed by atoms with Gasteiger partial charge < -0.3 is 5.32 Å². The quantitative estimate of drug-likeness (QED) is 0.231. The number of nitrogens with zero attached hydrogens (tertiary/aromatic N) is 2. The van der Waals surface area contributed by atoms with Crippen LogP contribution in [-0.4, -0.2) is 11.7 Å². The molecule has 0 amide bonds. The molecule has 39 heavy (non-hydrogen) atoms. The zero-order valence-electron chi connectivity index (χ0n) is 21.1. The summed E-state index contributed by atoms with van der Waals surface area (Å²) in [5, 5.41) is 9.01. The Morgan fingerprint density at radius 3 is 1.87 bits per heavy atom. The van der Waals surface area contributed by atoms with Gasteiger partial charge >= 0.3 is 0 Å². The molecular weight excluding hydrogens is 498 g/mol. The van der Waals surface area contributed by atoms with Gasteiger partial charge in [0.15, 0.2) is 6.17 Å². The fourth-order valence-electron chi connectivity index (χ4n) is 5.29. The van der Waals surface area contributed by atoms with E-state index in [0.717, 1.165) is 39.5 Å². The molecule has 1 unspecified atom stereocenters. The lowest BCUT2D eigenvalue weighted by Crippen LogP contribution is -2.36. The molecule has 6 aromatic rings. The van der Waals surface area contributed by atoms with Gasteiger partial charge in [0.1, 0.15) is 11.7 Å². The first-order valence-electron chi connectivity index (χ1n) is 13.0. The third-order valence-corrected chi connectivity index (χ3v) is 7.35. The van der Waals surface area contributed by atoms with Crippen LogP contribution in [0, 0.1) is 0 Å². The van der Waals surface area contributed by atoms with Gasteiger partial charge in [-0.3, -0.25) is 0 Å². The van der Waals surface area contributed by atoms with Gasteiger partial charge in [-0.25, -0.2) is 9.98 Å². The Hall–Kier alpha value is -4.73. The summed E-state index contributed by atoms with van der Waals surface area (Å²) in [5.74, 6) is 1.53. The van der Waals surface area contributed by atoms with E-state index in [1.165, 1.54) is 21.5 Å². The van der Waals surface area contributed by atoms with Crippen LogP contribution in [0.4, 0.5) is 0 Å². The van der Waals surface area contributed by atoms with E-state index in [9.17, 15) is 0 Å². The summed E-state index contributed by atoms with van der Waals surface area (Å²) in [6.45, 7) is 0. The Morgan fingerprint density at radius 1 is 0.513 bits per heavy atom. The fourth-order valence-corrected chi connectivity index (χ4v) is 5.52. The highest BCUT2D eigenvalue weighted by Crippen LogP contribution is 2.36. The van der Waals surface area contributed by atoms with Gasteiger partial charge in [-0.1, -0.05) is 121 Å². The summed E-state index contributed by atoms with van der Waals surface area (Å²) in [7, 11) is 0. The minimum absolute atomic E-state index is 0.360. The van der Waals surface area contributed by atoms with Gasteiger partial charge in [0.2, 0.25) is 0 Å². The number of nitrogens with one attached hydrogen (secondary N) is 1. The van der Waals surface area contributed by atoms with Gasteiger partial charge in [0.05, 0.1) is 0 Å². The summed E-state index contributed by atoms with van der Waals surface area (Å²) in [4.78, 5) is 10.0. The van der Waals surface area contributed by atoms with Gasteiger partial charge in [-0.05, 0) is 62.5 Å². The van der Waals surface area contributed by atoms with Crippen molar-refractivity contribution >= 4 is 44.8 Å². The van der Waals surface area contributed by atoms with E-state index in [-0.39, 0.29) is 6.17 Å². The summed E-state index contributed by atoms with van der Waals surface area (Å²) < 4.78 is 0. The third-order valence-electron chi connectivity index (χ3n) is 7.13. The van der Waals surface area contributed by atoms with E-state index in [1.807, 2.05) is 48.5 Å². The Morgan fingerprint density at radius 2 is 1.10 bits per heavy atom. The highest BCUT2D eigenvalue weighted by Gasteiger charge is 2.21. The van der Waals surface area contributed by atoms with Crippen molar-refractivity contribution < 1.29 is 0 Å². The second-order valence-electron chi connectivity index (χ2n) is 9.65. The van der Waals surface area contributed by atoms with Crippen molar-refractivity contribution in [3.05, 3.63) is 155 Å². The molecule has 1 heterocycles. The van der Waals surface area contributed by atoms with Crippen molar-refractivity contribution in [1.82, 2.24) is 5.32 Å². The number of hydrogen-bond donors (Lipinski definition) is 1. The molecule has 1 aliphatic rings. The number of halogens is 1. The summed E-state index contributed by atoms with van der Waals surface area (Å²) >= 11 is 6.78. The molecule has 6 aromatic carbocycles. The van der Waals surface area contributed by atoms with E-state index in [0.29, 0.717) is 5.02 Å². The standard InChI is InChI=1S/C35H24ClN3/c36-28-20-26(32-22-25-15-7-8-16-29(25)30-17-9-10-18-31(30)32)19-27(21-28)35-38-33(23-11-3-1-4-12-23)37-34(39-35)24-13-5-2-6-14-24/h1-22,33H,(H,37,38,39). The summed E-state index contributed by atoms with van der Waals surface area (Å²) in [6, 6.07) is 45.8. The van der Waals surface area contributed by atoms with E-state index >= 15 is 0 Å². The van der Waals surface area contributed by atoms with Gasteiger partial charge in [-0.15, -0.1) is 0 Å². The second kappa shape index (κ2) is 9.86. The SMILES string of the molecule is Clc1cc(C2=NC(c3ccccc3)N=C(c3ccccc3)N2)cc(-c2cc3ccccc3c3ccccc23)c1. The lowest BCUT2D eigenvalue weighted by Gasteiger charge is -2.23. The molecular formula is C35H24ClN3. The molecule has 1 atom stereocenters. The lowest BCUT2D eigenvalue weighted by molar-refractivity contribution is 0.756. The smallest absolute Gasteiger partial charge is 0.169 e. The average molecular weight is 522 g/mol. The van der Waals surface area contributed by atoms with Crippen LogP contribution in [0.15, 0.2) is 143 Å². The number of hydrogen-bond acceptors (Lipinski definition) is 3. The monoisotopic (exact) mass is 521 g/mol. The molecule has 1 N–H and O–H groups in total. The van der Waals surface area contributed by atoms with Crippen LogP contribution in [0.1, 0.15) is 22.9 Å². The lowest BCUT2D eigenvalue weighted by atomic mass is 9.92. The molecule has 186 valence electrons. The number of benzene rings is 6. The van der Waals surface area contributed by atoms with Crippen LogP contribution in [-0.2, 0) is 0 Å². The summed E-state index contributed by atoms with van der Waals surface area (Å²) in [5.41, 5.74) is 5.14. The molecule has 3 nitrogen and oxygen atoms in total. The normalized spacial score (nSPS) is 15.1. The van der Waals surface area contributed by atoms with Crippen LogP contribution in [0.2, 0.25) is 5.02 Å². The highest BCUT2D eigenvalue weighted by molar-refractivity contribution is 6.31. The van der Waals surface area contributed by atoms with Crippen molar-refractivity contribution in [2.24, 2.45) is 9.98 Å². The molecule has 0 radical (unpaired) electrons. The Kier molecular flexibility index (Phi) is 5.92. The zero-order chi connectivity index (χ0) is 26.2. The first-order chi connectivity index (χ1) is 19.2.